The van der Waals surface area contributed by atoms with Crippen LogP contribution in [-0.2, 0) is 6.54 Å². The second-order valence-corrected chi connectivity index (χ2v) is 4.86. The molecule has 0 unspecified atom stereocenters. The topological polar surface area (TPSA) is 34.2 Å². The van der Waals surface area contributed by atoms with Crippen LogP contribution in [-0.4, -0.2) is 12.0 Å². The minimum absolute atomic E-state index is 0.763. The molecule has 4 heteroatoms. The van der Waals surface area contributed by atoms with E-state index in [9.17, 15) is 0 Å². The summed E-state index contributed by atoms with van der Waals surface area (Å²) in [5.41, 5.74) is 1.11. The van der Waals surface area contributed by atoms with Crippen LogP contribution in [0.3, 0.4) is 0 Å². The van der Waals surface area contributed by atoms with E-state index in [1.165, 1.54) is 3.57 Å². The average Bonchev–Trinajstić information content (AvgIpc) is 2.33. The highest BCUT2D eigenvalue weighted by Crippen LogP contribution is 2.22. The van der Waals surface area contributed by atoms with E-state index in [1.54, 1.807) is 6.20 Å². The molecule has 0 spiro atoms. The number of aromatic nitrogens is 1. The largest absolute Gasteiger partial charge is 0.456 e. The van der Waals surface area contributed by atoms with Crippen molar-refractivity contribution in [1.29, 1.82) is 0 Å². The Labute approximate surface area is 114 Å². The van der Waals surface area contributed by atoms with Crippen LogP contribution in [0.15, 0.2) is 42.7 Å². The first kappa shape index (κ1) is 12.3. The summed E-state index contributed by atoms with van der Waals surface area (Å²) in [7, 11) is 1.91. The maximum Gasteiger partial charge on any atom is 0.146 e. The van der Waals surface area contributed by atoms with Crippen molar-refractivity contribution in [2.75, 3.05) is 7.05 Å². The van der Waals surface area contributed by atoms with Crippen LogP contribution >= 0.6 is 22.6 Å². The fraction of sp³-hybridized carbons (Fsp3) is 0.154. The van der Waals surface area contributed by atoms with Crippen LogP contribution in [0.2, 0.25) is 0 Å². The predicted octanol–water partition coefficient (Wildman–Crippen LogP) is 3.20. The number of hydrogen-bond donors (Lipinski definition) is 1. The molecule has 88 valence electrons. The highest BCUT2D eigenvalue weighted by Gasteiger charge is 1.99. The van der Waals surface area contributed by atoms with Gasteiger partial charge in [0.2, 0.25) is 0 Å². The van der Waals surface area contributed by atoms with Crippen LogP contribution < -0.4 is 10.1 Å². The molecule has 17 heavy (non-hydrogen) atoms. The van der Waals surface area contributed by atoms with Crippen molar-refractivity contribution in [3.63, 3.8) is 0 Å². The van der Waals surface area contributed by atoms with Gasteiger partial charge in [-0.2, -0.15) is 0 Å². The molecule has 1 aromatic carbocycles. The summed E-state index contributed by atoms with van der Waals surface area (Å²) in [6.07, 6.45) is 3.55. The van der Waals surface area contributed by atoms with Gasteiger partial charge in [0, 0.05) is 16.3 Å². The van der Waals surface area contributed by atoms with E-state index in [2.05, 4.69) is 32.9 Å². The Balaban J connectivity index is 2.12. The predicted molar refractivity (Wildman–Crippen MR) is 76.2 cm³/mol. The van der Waals surface area contributed by atoms with Crippen molar-refractivity contribution in [3.05, 3.63) is 51.9 Å². The van der Waals surface area contributed by atoms with Crippen LogP contribution in [0.5, 0.6) is 11.5 Å². The van der Waals surface area contributed by atoms with E-state index in [0.717, 1.165) is 23.6 Å². The first-order valence-corrected chi connectivity index (χ1v) is 6.38. The van der Waals surface area contributed by atoms with E-state index in [-0.39, 0.29) is 0 Å². The number of benzene rings is 1. The Morgan fingerprint density at radius 1 is 1.18 bits per heavy atom. The first-order chi connectivity index (χ1) is 8.28. The lowest BCUT2D eigenvalue weighted by Gasteiger charge is -2.07. The molecule has 0 saturated carbocycles. The number of hydrogen-bond acceptors (Lipinski definition) is 3. The summed E-state index contributed by atoms with van der Waals surface area (Å²) < 4.78 is 6.92. The van der Waals surface area contributed by atoms with Crippen molar-refractivity contribution in [2.24, 2.45) is 0 Å². The van der Waals surface area contributed by atoms with Gasteiger partial charge in [0.15, 0.2) is 0 Å². The third kappa shape index (κ3) is 3.67. The zero-order valence-electron chi connectivity index (χ0n) is 9.48. The highest BCUT2D eigenvalue weighted by atomic mass is 127. The Morgan fingerprint density at radius 3 is 2.65 bits per heavy atom. The van der Waals surface area contributed by atoms with Gasteiger partial charge < -0.3 is 10.1 Å². The first-order valence-electron chi connectivity index (χ1n) is 5.30. The van der Waals surface area contributed by atoms with Gasteiger partial charge in [-0.25, -0.2) is 0 Å². The van der Waals surface area contributed by atoms with Gasteiger partial charge >= 0.3 is 0 Å². The Bertz CT molecular complexity index is 485. The third-order valence-corrected chi connectivity index (χ3v) is 2.92. The smallest absolute Gasteiger partial charge is 0.146 e. The van der Waals surface area contributed by atoms with E-state index < -0.39 is 0 Å². The van der Waals surface area contributed by atoms with E-state index >= 15 is 0 Å². The molecule has 0 aliphatic carbocycles. The number of ether oxygens (including phenoxy) is 1. The standard InChI is InChI=1S/C13H13IN2O/c1-15-7-10-6-13(9-16-8-10)17-12-4-2-11(14)3-5-12/h2-6,8-9,15H,7H2,1H3. The van der Waals surface area contributed by atoms with Crippen molar-refractivity contribution in [1.82, 2.24) is 10.3 Å². The second-order valence-electron chi connectivity index (χ2n) is 3.62. The normalized spacial score (nSPS) is 10.2. The summed E-state index contributed by atoms with van der Waals surface area (Å²) in [4.78, 5) is 4.15. The molecule has 2 aromatic rings. The third-order valence-electron chi connectivity index (χ3n) is 2.20. The SMILES string of the molecule is CNCc1cncc(Oc2ccc(I)cc2)c1. The lowest BCUT2D eigenvalue weighted by atomic mass is 10.3. The maximum atomic E-state index is 5.73. The molecule has 0 radical (unpaired) electrons. The van der Waals surface area contributed by atoms with Gasteiger partial charge in [0.1, 0.15) is 11.5 Å². The molecular weight excluding hydrogens is 327 g/mol. The van der Waals surface area contributed by atoms with Crippen LogP contribution in [0.25, 0.3) is 0 Å². The molecule has 0 aliphatic rings. The summed E-state index contributed by atoms with van der Waals surface area (Å²) in [5.74, 6) is 1.59. The minimum Gasteiger partial charge on any atom is -0.456 e. The number of nitrogens with one attached hydrogen (secondary N) is 1. The quantitative estimate of drug-likeness (QED) is 0.868. The van der Waals surface area contributed by atoms with Gasteiger partial charge in [0.25, 0.3) is 0 Å². The molecule has 1 heterocycles. The number of rotatable bonds is 4. The Kier molecular flexibility index (Phi) is 4.33. The number of halogens is 1. The molecule has 0 atom stereocenters. The van der Waals surface area contributed by atoms with E-state index in [0.29, 0.717) is 0 Å². The zero-order valence-corrected chi connectivity index (χ0v) is 11.6. The van der Waals surface area contributed by atoms with Crippen LogP contribution in [0, 0.1) is 3.57 Å². The maximum absolute atomic E-state index is 5.73. The zero-order chi connectivity index (χ0) is 12.1. The summed E-state index contributed by atoms with van der Waals surface area (Å²) in [6.45, 7) is 0.789. The monoisotopic (exact) mass is 340 g/mol. The van der Waals surface area contributed by atoms with Crippen molar-refractivity contribution in [2.45, 2.75) is 6.54 Å². The van der Waals surface area contributed by atoms with Gasteiger partial charge in [-0.3, -0.25) is 4.98 Å². The molecule has 0 amide bonds. The Hall–Kier alpha value is -1.14. The summed E-state index contributed by atoms with van der Waals surface area (Å²) >= 11 is 2.27. The van der Waals surface area contributed by atoms with Gasteiger partial charge in [-0.1, -0.05) is 0 Å². The van der Waals surface area contributed by atoms with Crippen molar-refractivity contribution in [3.8, 4) is 11.5 Å². The highest BCUT2D eigenvalue weighted by molar-refractivity contribution is 14.1. The summed E-state index contributed by atoms with van der Waals surface area (Å²) in [6, 6.07) is 9.92. The van der Waals surface area contributed by atoms with Crippen LogP contribution in [0.1, 0.15) is 5.56 Å². The molecule has 1 N–H and O–H groups in total. The van der Waals surface area contributed by atoms with Gasteiger partial charge in [-0.05, 0) is 65.5 Å². The van der Waals surface area contributed by atoms with Gasteiger partial charge in [0.05, 0.1) is 6.20 Å². The molecule has 1 aromatic heterocycles. The summed E-state index contributed by atoms with van der Waals surface area (Å²) in [5, 5.41) is 3.09. The fourth-order valence-electron chi connectivity index (χ4n) is 1.46. The minimum atomic E-state index is 0.763. The van der Waals surface area contributed by atoms with Gasteiger partial charge in [-0.15, -0.1) is 0 Å². The molecule has 0 bridgehead atoms. The Morgan fingerprint density at radius 2 is 1.94 bits per heavy atom. The molecular formula is C13H13IN2O. The van der Waals surface area contributed by atoms with Crippen molar-refractivity contribution < 1.29 is 4.74 Å². The lowest BCUT2D eigenvalue weighted by Crippen LogP contribution is -2.05. The molecule has 0 aliphatic heterocycles. The molecule has 2 rings (SSSR count). The lowest BCUT2D eigenvalue weighted by molar-refractivity contribution is 0.479. The molecule has 0 fully saturated rings. The fourth-order valence-corrected chi connectivity index (χ4v) is 1.82. The number of pyridine rings is 1. The van der Waals surface area contributed by atoms with Crippen LogP contribution in [0.4, 0.5) is 0 Å². The second kappa shape index (κ2) is 5.97. The number of nitrogens with zero attached hydrogens (tertiary/aromatic N) is 1. The van der Waals surface area contributed by atoms with Crippen molar-refractivity contribution >= 4 is 22.6 Å². The van der Waals surface area contributed by atoms with E-state index in [4.69, 9.17) is 4.74 Å². The average molecular weight is 340 g/mol. The molecule has 0 saturated heterocycles. The molecule has 3 nitrogen and oxygen atoms in total. The van der Waals surface area contributed by atoms with E-state index in [1.807, 2.05) is 43.6 Å².